The number of rotatable bonds is 4. The lowest BCUT2D eigenvalue weighted by atomic mass is 10.3. The van der Waals surface area contributed by atoms with E-state index in [9.17, 15) is 4.79 Å². The third-order valence-electron chi connectivity index (χ3n) is 1.26. The molecule has 0 spiro atoms. The van der Waals surface area contributed by atoms with Crippen LogP contribution in [-0.4, -0.2) is 23.1 Å². The number of aromatic nitrogens is 1. The summed E-state index contributed by atoms with van der Waals surface area (Å²) in [6.45, 7) is 0.699. The zero-order valence-corrected chi connectivity index (χ0v) is 7.52. The van der Waals surface area contributed by atoms with Gasteiger partial charge in [-0.3, -0.25) is 4.79 Å². The van der Waals surface area contributed by atoms with Crippen LogP contribution in [0.4, 0.5) is 0 Å². The van der Waals surface area contributed by atoms with Crippen LogP contribution in [0, 0.1) is 0 Å². The second-order valence-electron chi connectivity index (χ2n) is 2.33. The van der Waals surface area contributed by atoms with Crippen molar-refractivity contribution in [3.05, 3.63) is 16.1 Å². The molecule has 0 bridgehead atoms. The molecule has 2 N–H and O–H groups in total. The first-order valence-corrected chi connectivity index (χ1v) is 4.40. The maximum absolute atomic E-state index is 10.3. The van der Waals surface area contributed by atoms with E-state index in [4.69, 9.17) is 5.11 Å². The van der Waals surface area contributed by atoms with Gasteiger partial charge in [-0.15, -0.1) is 11.3 Å². The summed E-state index contributed by atoms with van der Waals surface area (Å²) in [4.78, 5) is 14.4. The molecule has 0 aromatic carbocycles. The van der Waals surface area contributed by atoms with Gasteiger partial charge >= 0.3 is 5.97 Å². The Labute approximate surface area is 74.3 Å². The van der Waals surface area contributed by atoms with Crippen molar-refractivity contribution in [2.75, 3.05) is 7.05 Å². The summed E-state index contributed by atoms with van der Waals surface area (Å²) in [5, 5.41) is 14.1. The van der Waals surface area contributed by atoms with Gasteiger partial charge in [0.05, 0.1) is 12.1 Å². The highest BCUT2D eigenvalue weighted by molar-refractivity contribution is 7.09. The van der Waals surface area contributed by atoms with Crippen LogP contribution in [0.3, 0.4) is 0 Å². The third kappa shape index (κ3) is 2.60. The summed E-state index contributed by atoms with van der Waals surface area (Å²) >= 11 is 1.48. The Bertz CT molecular complexity index is 272. The van der Waals surface area contributed by atoms with E-state index >= 15 is 0 Å². The topological polar surface area (TPSA) is 62.2 Å². The predicted molar refractivity (Wildman–Crippen MR) is 46.2 cm³/mol. The number of carboxylic acid groups (broad SMARTS) is 1. The van der Waals surface area contributed by atoms with Gasteiger partial charge in [-0.2, -0.15) is 0 Å². The molecule has 0 aliphatic carbocycles. The molecule has 0 aliphatic rings. The molecule has 0 radical (unpaired) electrons. The van der Waals surface area contributed by atoms with Crippen LogP contribution >= 0.6 is 11.3 Å². The number of hydrogen-bond donors (Lipinski definition) is 2. The minimum Gasteiger partial charge on any atom is -0.481 e. The fraction of sp³-hybridized carbons (Fsp3) is 0.429. The summed E-state index contributed by atoms with van der Waals surface area (Å²) < 4.78 is 0. The molecule has 0 saturated carbocycles. The van der Waals surface area contributed by atoms with Crippen molar-refractivity contribution in [2.24, 2.45) is 0 Å². The molecular weight excluding hydrogens is 176 g/mol. The summed E-state index contributed by atoms with van der Waals surface area (Å²) in [6.07, 6.45) is 0.0141. The SMILES string of the molecule is CNCc1nc(CC(=O)O)cs1. The zero-order chi connectivity index (χ0) is 8.97. The first-order valence-electron chi connectivity index (χ1n) is 3.52. The Balaban J connectivity index is 2.58. The van der Waals surface area contributed by atoms with E-state index in [0.717, 1.165) is 5.01 Å². The Morgan fingerprint density at radius 1 is 1.83 bits per heavy atom. The average molecular weight is 186 g/mol. The van der Waals surface area contributed by atoms with E-state index in [2.05, 4.69) is 10.3 Å². The predicted octanol–water partition coefficient (Wildman–Crippen LogP) is 0.490. The monoisotopic (exact) mass is 186 g/mol. The fourth-order valence-corrected chi connectivity index (χ4v) is 1.62. The van der Waals surface area contributed by atoms with Crippen LogP contribution in [0.2, 0.25) is 0 Å². The highest BCUT2D eigenvalue weighted by Crippen LogP contribution is 2.09. The molecule has 0 unspecified atom stereocenters. The van der Waals surface area contributed by atoms with Crippen molar-refractivity contribution < 1.29 is 9.90 Å². The summed E-state index contributed by atoms with van der Waals surface area (Å²) in [5.41, 5.74) is 0.637. The van der Waals surface area contributed by atoms with E-state index in [1.165, 1.54) is 11.3 Å². The van der Waals surface area contributed by atoms with Gasteiger partial charge < -0.3 is 10.4 Å². The fourth-order valence-electron chi connectivity index (χ4n) is 0.817. The Morgan fingerprint density at radius 2 is 2.58 bits per heavy atom. The lowest BCUT2D eigenvalue weighted by molar-refractivity contribution is -0.136. The average Bonchev–Trinajstić information content (AvgIpc) is 2.36. The molecule has 1 rings (SSSR count). The van der Waals surface area contributed by atoms with Crippen LogP contribution in [0.25, 0.3) is 0 Å². The number of nitrogens with one attached hydrogen (secondary N) is 1. The van der Waals surface area contributed by atoms with Gasteiger partial charge in [-0.05, 0) is 7.05 Å². The summed E-state index contributed by atoms with van der Waals surface area (Å²) in [6, 6.07) is 0. The highest BCUT2D eigenvalue weighted by atomic mass is 32.1. The van der Waals surface area contributed by atoms with Crippen molar-refractivity contribution in [3.63, 3.8) is 0 Å². The van der Waals surface area contributed by atoms with Gasteiger partial charge in [0.25, 0.3) is 0 Å². The molecule has 0 atom stereocenters. The molecular formula is C7H10N2O2S. The van der Waals surface area contributed by atoms with Crippen LogP contribution in [0.5, 0.6) is 0 Å². The number of carbonyl (C=O) groups is 1. The second kappa shape index (κ2) is 4.18. The van der Waals surface area contributed by atoms with E-state index in [0.29, 0.717) is 12.2 Å². The third-order valence-corrected chi connectivity index (χ3v) is 2.16. The van der Waals surface area contributed by atoms with E-state index in [-0.39, 0.29) is 6.42 Å². The van der Waals surface area contributed by atoms with Gasteiger partial charge in [0, 0.05) is 11.9 Å². The van der Waals surface area contributed by atoms with Crippen molar-refractivity contribution in [3.8, 4) is 0 Å². The zero-order valence-electron chi connectivity index (χ0n) is 6.70. The van der Waals surface area contributed by atoms with E-state index < -0.39 is 5.97 Å². The number of aliphatic carboxylic acids is 1. The highest BCUT2D eigenvalue weighted by Gasteiger charge is 2.04. The maximum atomic E-state index is 10.3. The van der Waals surface area contributed by atoms with Crippen molar-refractivity contribution in [2.45, 2.75) is 13.0 Å². The minimum atomic E-state index is -0.837. The molecule has 1 heterocycles. The molecule has 0 fully saturated rings. The first-order chi connectivity index (χ1) is 5.72. The standard InChI is InChI=1S/C7H10N2O2S/c1-8-3-6-9-5(4-12-6)2-7(10)11/h4,8H,2-3H2,1H3,(H,10,11). The number of thiazole rings is 1. The minimum absolute atomic E-state index is 0.0141. The lowest BCUT2D eigenvalue weighted by Gasteiger charge is -1.90. The van der Waals surface area contributed by atoms with Gasteiger partial charge in [-0.25, -0.2) is 4.98 Å². The summed E-state index contributed by atoms with van der Waals surface area (Å²) in [5.74, 6) is -0.837. The van der Waals surface area contributed by atoms with Crippen molar-refractivity contribution >= 4 is 17.3 Å². The molecule has 5 heteroatoms. The number of carboxylic acids is 1. The van der Waals surface area contributed by atoms with Crippen molar-refractivity contribution in [1.29, 1.82) is 0 Å². The van der Waals surface area contributed by atoms with Gasteiger partial charge in [0.15, 0.2) is 0 Å². The van der Waals surface area contributed by atoms with E-state index in [1.807, 2.05) is 7.05 Å². The molecule has 0 saturated heterocycles. The Hall–Kier alpha value is -0.940. The van der Waals surface area contributed by atoms with Crippen LogP contribution < -0.4 is 5.32 Å². The smallest absolute Gasteiger partial charge is 0.309 e. The molecule has 1 aromatic rings. The van der Waals surface area contributed by atoms with Crippen molar-refractivity contribution in [1.82, 2.24) is 10.3 Å². The molecule has 66 valence electrons. The van der Waals surface area contributed by atoms with Gasteiger partial charge in [0.1, 0.15) is 5.01 Å². The molecule has 0 aliphatic heterocycles. The lowest BCUT2D eigenvalue weighted by Crippen LogP contribution is -2.05. The Kier molecular flexibility index (Phi) is 3.19. The number of nitrogens with zero attached hydrogens (tertiary/aromatic N) is 1. The quantitative estimate of drug-likeness (QED) is 0.718. The van der Waals surface area contributed by atoms with Gasteiger partial charge in [-0.1, -0.05) is 0 Å². The molecule has 4 nitrogen and oxygen atoms in total. The first kappa shape index (κ1) is 9.15. The van der Waals surface area contributed by atoms with Gasteiger partial charge in [0.2, 0.25) is 0 Å². The molecule has 12 heavy (non-hydrogen) atoms. The van der Waals surface area contributed by atoms with E-state index in [1.54, 1.807) is 5.38 Å². The number of hydrogen-bond acceptors (Lipinski definition) is 4. The second-order valence-corrected chi connectivity index (χ2v) is 3.28. The summed E-state index contributed by atoms with van der Waals surface area (Å²) in [7, 11) is 1.83. The largest absolute Gasteiger partial charge is 0.481 e. The Morgan fingerprint density at radius 3 is 3.17 bits per heavy atom. The van der Waals surface area contributed by atoms with Crippen LogP contribution in [0.15, 0.2) is 5.38 Å². The van der Waals surface area contributed by atoms with Crippen LogP contribution in [0.1, 0.15) is 10.7 Å². The normalized spacial score (nSPS) is 10.1. The molecule has 0 amide bonds. The van der Waals surface area contributed by atoms with Crippen LogP contribution in [-0.2, 0) is 17.8 Å². The molecule has 1 aromatic heterocycles. The maximum Gasteiger partial charge on any atom is 0.309 e.